The fourth-order valence-corrected chi connectivity index (χ4v) is 4.75. The lowest BCUT2D eigenvalue weighted by Gasteiger charge is -2.22. The average molecular weight is 507 g/mol. The van der Waals surface area contributed by atoms with Gasteiger partial charge in [0.2, 0.25) is 5.95 Å². The molecule has 4 heterocycles. The standard InChI is InChI=1S/C28H23FN8O/c1-16(33-26-25-22(10-5-11-31-25)34-28(30)35-26)23-12-17-6-3-9-21(18-14-32-36(2)15-18)24(17)27(38)37(23)20-8-4-7-19(29)13-20/h3-16H,1-2H3,(H3,30,33,34,35)/t16-/m0/s1. The summed E-state index contributed by atoms with van der Waals surface area (Å²) in [5.74, 6) is 0.0887. The van der Waals surface area contributed by atoms with Crippen LogP contribution < -0.4 is 16.6 Å². The Balaban J connectivity index is 1.58. The predicted octanol–water partition coefficient (Wildman–Crippen LogP) is 4.62. The maximum atomic E-state index is 14.4. The number of nitrogen functional groups attached to an aromatic ring is 1. The summed E-state index contributed by atoms with van der Waals surface area (Å²) in [5, 5.41) is 8.88. The van der Waals surface area contributed by atoms with Gasteiger partial charge in [-0.25, -0.2) is 9.37 Å². The van der Waals surface area contributed by atoms with Gasteiger partial charge in [-0.15, -0.1) is 0 Å². The molecule has 0 radical (unpaired) electrons. The molecule has 38 heavy (non-hydrogen) atoms. The Bertz CT molecular complexity index is 1890. The van der Waals surface area contributed by atoms with E-state index in [0.29, 0.717) is 33.6 Å². The van der Waals surface area contributed by atoms with Crippen molar-refractivity contribution in [2.75, 3.05) is 11.1 Å². The monoisotopic (exact) mass is 506 g/mol. The number of hydrogen-bond donors (Lipinski definition) is 2. The molecule has 0 fully saturated rings. The smallest absolute Gasteiger partial charge is 0.263 e. The Morgan fingerprint density at radius 3 is 2.68 bits per heavy atom. The highest BCUT2D eigenvalue weighted by Crippen LogP contribution is 2.31. The second kappa shape index (κ2) is 9.07. The molecule has 0 bridgehead atoms. The van der Waals surface area contributed by atoms with Gasteiger partial charge in [0.25, 0.3) is 5.56 Å². The minimum absolute atomic E-state index is 0.0994. The summed E-state index contributed by atoms with van der Waals surface area (Å²) in [4.78, 5) is 27.2. The second-order valence-corrected chi connectivity index (χ2v) is 9.03. The van der Waals surface area contributed by atoms with E-state index in [9.17, 15) is 9.18 Å². The van der Waals surface area contributed by atoms with E-state index in [1.165, 1.54) is 16.7 Å². The summed E-state index contributed by atoms with van der Waals surface area (Å²) in [7, 11) is 1.82. The van der Waals surface area contributed by atoms with E-state index in [2.05, 4.69) is 25.4 Å². The van der Waals surface area contributed by atoms with Crippen LogP contribution in [0, 0.1) is 5.82 Å². The number of rotatable bonds is 5. The Morgan fingerprint density at radius 2 is 1.89 bits per heavy atom. The molecule has 0 spiro atoms. The van der Waals surface area contributed by atoms with E-state index >= 15 is 0 Å². The van der Waals surface area contributed by atoms with Crippen LogP contribution in [0.2, 0.25) is 0 Å². The third kappa shape index (κ3) is 4.01. The van der Waals surface area contributed by atoms with Crippen molar-refractivity contribution in [1.82, 2.24) is 29.3 Å². The lowest BCUT2D eigenvalue weighted by atomic mass is 9.99. The van der Waals surface area contributed by atoms with Crippen LogP contribution in [-0.2, 0) is 7.05 Å². The number of fused-ring (bicyclic) bond motifs is 2. The van der Waals surface area contributed by atoms with Crippen molar-refractivity contribution in [1.29, 1.82) is 0 Å². The first-order valence-corrected chi connectivity index (χ1v) is 12.0. The highest BCUT2D eigenvalue weighted by molar-refractivity contribution is 5.96. The van der Waals surface area contributed by atoms with Crippen molar-refractivity contribution < 1.29 is 4.39 Å². The van der Waals surface area contributed by atoms with Crippen LogP contribution in [0.25, 0.3) is 38.6 Å². The summed E-state index contributed by atoms with van der Waals surface area (Å²) < 4.78 is 17.6. The van der Waals surface area contributed by atoms with Crippen LogP contribution in [0.3, 0.4) is 0 Å². The number of pyridine rings is 2. The van der Waals surface area contributed by atoms with Gasteiger partial charge in [0, 0.05) is 30.7 Å². The van der Waals surface area contributed by atoms with Crippen molar-refractivity contribution in [2.24, 2.45) is 7.05 Å². The van der Waals surface area contributed by atoms with Crippen LogP contribution in [0.1, 0.15) is 18.7 Å². The molecule has 0 unspecified atom stereocenters. The van der Waals surface area contributed by atoms with Gasteiger partial charge in [-0.1, -0.05) is 24.3 Å². The molecular formula is C28H23FN8O. The van der Waals surface area contributed by atoms with E-state index in [1.54, 1.807) is 41.3 Å². The number of aromatic nitrogens is 6. The van der Waals surface area contributed by atoms with Gasteiger partial charge in [-0.2, -0.15) is 10.1 Å². The van der Waals surface area contributed by atoms with Crippen LogP contribution in [0.15, 0.2) is 84.0 Å². The Hall–Kier alpha value is -5.12. The minimum Gasteiger partial charge on any atom is -0.368 e. The number of nitrogens with one attached hydrogen (secondary N) is 1. The van der Waals surface area contributed by atoms with Gasteiger partial charge in [-0.3, -0.25) is 19.0 Å². The first-order chi connectivity index (χ1) is 18.4. The van der Waals surface area contributed by atoms with Crippen LogP contribution in [0.4, 0.5) is 16.2 Å². The number of aryl methyl sites for hydroxylation is 1. The Labute approximate surface area is 216 Å². The maximum absolute atomic E-state index is 14.4. The van der Waals surface area contributed by atoms with Crippen molar-refractivity contribution in [2.45, 2.75) is 13.0 Å². The number of anilines is 2. The topological polar surface area (TPSA) is 117 Å². The highest BCUT2D eigenvalue weighted by atomic mass is 19.1. The van der Waals surface area contributed by atoms with E-state index in [4.69, 9.17) is 5.73 Å². The lowest BCUT2D eigenvalue weighted by molar-refractivity contribution is 0.625. The molecule has 10 heteroatoms. The van der Waals surface area contributed by atoms with Gasteiger partial charge < -0.3 is 11.1 Å². The predicted molar refractivity (Wildman–Crippen MR) is 145 cm³/mol. The molecule has 0 saturated carbocycles. The Kier molecular flexibility index (Phi) is 5.56. The molecule has 0 aliphatic heterocycles. The van der Waals surface area contributed by atoms with E-state index in [0.717, 1.165) is 16.5 Å². The van der Waals surface area contributed by atoms with Gasteiger partial charge in [-0.05, 0) is 54.3 Å². The zero-order valence-electron chi connectivity index (χ0n) is 20.6. The summed E-state index contributed by atoms with van der Waals surface area (Å²) in [6.07, 6.45) is 5.23. The Morgan fingerprint density at radius 1 is 1.05 bits per heavy atom. The molecule has 6 aromatic rings. The first kappa shape index (κ1) is 23.3. The normalized spacial score (nSPS) is 12.2. The van der Waals surface area contributed by atoms with Crippen molar-refractivity contribution >= 4 is 33.6 Å². The molecule has 188 valence electrons. The second-order valence-electron chi connectivity index (χ2n) is 9.03. The van der Waals surface area contributed by atoms with Gasteiger partial charge >= 0.3 is 0 Å². The molecule has 0 aliphatic carbocycles. The molecule has 3 N–H and O–H groups in total. The highest BCUT2D eigenvalue weighted by Gasteiger charge is 2.21. The fraction of sp³-hybridized carbons (Fsp3) is 0.107. The number of benzene rings is 2. The summed E-state index contributed by atoms with van der Waals surface area (Å²) in [6.45, 7) is 1.90. The van der Waals surface area contributed by atoms with Gasteiger partial charge in [0.05, 0.1) is 28.8 Å². The van der Waals surface area contributed by atoms with Crippen LogP contribution >= 0.6 is 0 Å². The number of halogens is 1. The van der Waals surface area contributed by atoms with Crippen molar-refractivity contribution in [3.05, 3.63) is 101 Å². The van der Waals surface area contributed by atoms with Crippen molar-refractivity contribution in [3.8, 4) is 16.8 Å². The average Bonchev–Trinajstić information content (AvgIpc) is 3.34. The number of nitrogens with two attached hydrogens (primary N) is 1. The zero-order valence-corrected chi connectivity index (χ0v) is 20.6. The quantitative estimate of drug-likeness (QED) is 0.350. The SMILES string of the molecule is C[C@H](Nc1nc(N)nc2cccnc12)c1cc2cccc(-c3cnn(C)c3)c2c(=O)n1-c1cccc(F)c1. The van der Waals surface area contributed by atoms with E-state index in [1.807, 2.05) is 44.4 Å². The maximum Gasteiger partial charge on any atom is 0.263 e. The zero-order chi connectivity index (χ0) is 26.4. The largest absolute Gasteiger partial charge is 0.368 e. The first-order valence-electron chi connectivity index (χ1n) is 12.0. The van der Waals surface area contributed by atoms with E-state index in [-0.39, 0.29) is 11.5 Å². The molecule has 6 rings (SSSR count). The molecule has 0 saturated heterocycles. The van der Waals surface area contributed by atoms with E-state index < -0.39 is 11.9 Å². The van der Waals surface area contributed by atoms with Crippen molar-refractivity contribution in [3.63, 3.8) is 0 Å². The third-order valence-corrected chi connectivity index (χ3v) is 6.43. The van der Waals surface area contributed by atoms with Gasteiger partial charge in [0.15, 0.2) is 5.82 Å². The molecular weight excluding hydrogens is 483 g/mol. The summed E-state index contributed by atoms with van der Waals surface area (Å²) in [5.41, 5.74) is 9.40. The van der Waals surface area contributed by atoms with Gasteiger partial charge in [0.1, 0.15) is 11.3 Å². The molecule has 2 aromatic carbocycles. The number of hydrogen-bond acceptors (Lipinski definition) is 7. The van der Waals surface area contributed by atoms with Crippen LogP contribution in [-0.4, -0.2) is 29.3 Å². The molecule has 0 amide bonds. The fourth-order valence-electron chi connectivity index (χ4n) is 4.75. The summed E-state index contributed by atoms with van der Waals surface area (Å²) in [6, 6.07) is 16.7. The molecule has 9 nitrogen and oxygen atoms in total. The lowest BCUT2D eigenvalue weighted by Crippen LogP contribution is -2.26. The molecule has 4 aromatic heterocycles. The summed E-state index contributed by atoms with van der Waals surface area (Å²) >= 11 is 0. The minimum atomic E-state index is -0.447. The number of nitrogens with zero attached hydrogens (tertiary/aromatic N) is 6. The molecule has 1 atom stereocenters. The molecule has 0 aliphatic rings. The third-order valence-electron chi connectivity index (χ3n) is 6.43. The van der Waals surface area contributed by atoms with Crippen LogP contribution in [0.5, 0.6) is 0 Å².